The minimum Gasteiger partial charge on any atom is -0.330 e. The van der Waals surface area contributed by atoms with E-state index in [4.69, 9.17) is 5.84 Å². The number of amides is 1. The highest BCUT2D eigenvalue weighted by Crippen LogP contribution is 2.36. The number of nitrogens with two attached hydrogens (primary N) is 1. The molecule has 2 saturated heterocycles. The Balaban J connectivity index is 1.58. The number of carbonyl (C=O) groups excluding carboxylic acids is 2. The quantitative estimate of drug-likeness (QED) is 0.565. The zero-order valence-electron chi connectivity index (χ0n) is 15.1. The van der Waals surface area contributed by atoms with E-state index >= 15 is 0 Å². The summed E-state index contributed by atoms with van der Waals surface area (Å²) in [5, 5.41) is 0. The summed E-state index contributed by atoms with van der Waals surface area (Å²) >= 11 is 0. The first kappa shape index (κ1) is 18.4. The molecule has 3 heterocycles. The van der Waals surface area contributed by atoms with Gasteiger partial charge in [0.2, 0.25) is 22.1 Å². The van der Waals surface area contributed by atoms with E-state index < -0.39 is 22.1 Å². The van der Waals surface area contributed by atoms with E-state index in [1.807, 2.05) is 0 Å². The average Bonchev–Trinajstić information content (AvgIpc) is 3.23. The van der Waals surface area contributed by atoms with Crippen molar-refractivity contribution in [2.45, 2.75) is 55.5 Å². The molecule has 145 valence electrons. The monoisotopic (exact) mass is 392 g/mol. The highest BCUT2D eigenvalue weighted by Gasteiger charge is 2.54. The van der Waals surface area contributed by atoms with Crippen LogP contribution in [0.15, 0.2) is 29.4 Å². The van der Waals surface area contributed by atoms with Gasteiger partial charge in [-0.1, -0.05) is 23.9 Å². The van der Waals surface area contributed by atoms with E-state index in [9.17, 15) is 18.0 Å². The Morgan fingerprint density at radius 2 is 1.96 bits per heavy atom. The highest BCUT2D eigenvalue weighted by molar-refractivity contribution is 7.89. The van der Waals surface area contributed by atoms with E-state index in [-0.39, 0.29) is 23.1 Å². The second kappa shape index (κ2) is 6.87. The molecule has 0 aromatic carbocycles. The van der Waals surface area contributed by atoms with Crippen LogP contribution in [0, 0.1) is 5.92 Å². The number of aromatic nitrogens is 1. The first-order valence-electron chi connectivity index (χ1n) is 9.36. The molecule has 1 aromatic heterocycles. The summed E-state index contributed by atoms with van der Waals surface area (Å²) in [6, 6.07) is 1.84. The standard InChI is InChI=1S/C18H24N4O4S/c19-20-9-4-7-14(11-20)27(25,26)22-12-16(23)17-15(22)8-10-21(17)18(24)13-5-2-1-3-6-13/h4,7,9,11,15,17H,1-3,5-6,8,10,12,19H2/q+1. The van der Waals surface area contributed by atoms with Gasteiger partial charge in [0, 0.05) is 12.6 Å². The molecule has 9 heteroatoms. The molecule has 1 amide bonds. The molecule has 2 N–H and O–H groups in total. The van der Waals surface area contributed by atoms with Crippen LogP contribution in [0.5, 0.6) is 0 Å². The van der Waals surface area contributed by atoms with Crippen LogP contribution in [-0.2, 0) is 19.6 Å². The van der Waals surface area contributed by atoms with Gasteiger partial charge < -0.3 is 4.90 Å². The van der Waals surface area contributed by atoms with Crippen molar-refractivity contribution in [3.63, 3.8) is 0 Å². The predicted octanol–water partition coefficient (Wildman–Crippen LogP) is -0.231. The average molecular weight is 392 g/mol. The van der Waals surface area contributed by atoms with Crippen LogP contribution in [0.25, 0.3) is 0 Å². The van der Waals surface area contributed by atoms with Crippen molar-refractivity contribution in [1.82, 2.24) is 9.21 Å². The zero-order chi connectivity index (χ0) is 19.2. The lowest BCUT2D eigenvalue weighted by Crippen LogP contribution is -2.46. The summed E-state index contributed by atoms with van der Waals surface area (Å²) in [7, 11) is -3.86. The number of Topliss-reactive ketones (excluding diaryl/α,β-unsaturated/α-hetero) is 1. The van der Waals surface area contributed by atoms with Crippen LogP contribution < -0.4 is 10.5 Å². The van der Waals surface area contributed by atoms with E-state index in [0.717, 1.165) is 38.0 Å². The van der Waals surface area contributed by atoms with Gasteiger partial charge in [-0.3, -0.25) is 9.59 Å². The number of ketones is 1. The molecule has 4 rings (SSSR count). The molecule has 0 spiro atoms. The fourth-order valence-electron chi connectivity index (χ4n) is 4.48. The Bertz CT molecular complexity index is 866. The van der Waals surface area contributed by atoms with Crippen LogP contribution >= 0.6 is 0 Å². The van der Waals surface area contributed by atoms with Gasteiger partial charge >= 0.3 is 0 Å². The number of nitrogen functional groups attached to an aromatic ring is 1. The van der Waals surface area contributed by atoms with Gasteiger partial charge in [0.25, 0.3) is 0 Å². The third-order valence-electron chi connectivity index (χ3n) is 5.80. The molecule has 27 heavy (non-hydrogen) atoms. The maximum atomic E-state index is 13.0. The van der Waals surface area contributed by atoms with Gasteiger partial charge in [0.1, 0.15) is 10.9 Å². The van der Waals surface area contributed by atoms with Gasteiger partial charge in [0.15, 0.2) is 12.0 Å². The summed E-state index contributed by atoms with van der Waals surface area (Å²) < 4.78 is 28.5. The molecular formula is C18H24N4O4S+. The maximum absolute atomic E-state index is 13.0. The van der Waals surface area contributed by atoms with Gasteiger partial charge in [-0.2, -0.15) is 4.31 Å². The molecule has 3 aliphatic rings. The molecule has 1 radical (unpaired) electrons. The first-order chi connectivity index (χ1) is 12.9. The second-order valence-electron chi connectivity index (χ2n) is 7.47. The van der Waals surface area contributed by atoms with Crippen LogP contribution in [0.4, 0.5) is 0 Å². The minimum absolute atomic E-state index is 0.0485. The molecule has 3 fully saturated rings. The molecular weight excluding hydrogens is 368 g/mol. The van der Waals surface area contributed by atoms with E-state index in [0.29, 0.717) is 13.0 Å². The topological polar surface area (TPSA) is 105 Å². The second-order valence-corrected chi connectivity index (χ2v) is 9.36. The number of nitrogens with zero attached hydrogens (tertiary/aromatic N) is 3. The third kappa shape index (κ3) is 3.12. The number of likely N-dealkylation sites (tertiary alicyclic amines) is 1. The van der Waals surface area contributed by atoms with Gasteiger partial charge in [-0.05, 0) is 25.3 Å². The molecule has 1 saturated carbocycles. The number of sulfonamides is 1. The van der Waals surface area contributed by atoms with Gasteiger partial charge in [0.05, 0.1) is 18.5 Å². The summed E-state index contributed by atoms with van der Waals surface area (Å²) in [5.74, 6) is 6.25. The Morgan fingerprint density at radius 3 is 2.67 bits per heavy atom. The summed E-state index contributed by atoms with van der Waals surface area (Å²) in [4.78, 5) is 27.2. The normalized spacial score (nSPS) is 27.1. The van der Waals surface area contributed by atoms with E-state index in [1.165, 1.54) is 27.4 Å². The van der Waals surface area contributed by atoms with Crippen molar-refractivity contribution in [2.75, 3.05) is 18.9 Å². The summed E-state index contributed by atoms with van der Waals surface area (Å²) in [6.07, 6.45) is 8.04. The molecule has 2 atom stereocenters. The van der Waals surface area contributed by atoms with Crippen molar-refractivity contribution in [3.05, 3.63) is 30.4 Å². The first-order valence-corrected chi connectivity index (χ1v) is 10.8. The van der Waals surface area contributed by atoms with Crippen LogP contribution in [-0.4, -0.2) is 54.5 Å². The van der Waals surface area contributed by atoms with E-state index in [1.54, 1.807) is 11.0 Å². The zero-order valence-corrected chi connectivity index (χ0v) is 15.9. The largest absolute Gasteiger partial charge is 0.330 e. The highest BCUT2D eigenvalue weighted by atomic mass is 32.2. The lowest BCUT2D eigenvalue weighted by Gasteiger charge is -2.29. The van der Waals surface area contributed by atoms with Crippen molar-refractivity contribution in [1.29, 1.82) is 0 Å². The Kier molecular flexibility index (Phi) is 4.67. The lowest BCUT2D eigenvalue weighted by atomic mass is 9.88. The fraction of sp³-hybridized carbons (Fsp3) is 0.556. The van der Waals surface area contributed by atoms with Crippen molar-refractivity contribution in [2.24, 2.45) is 0 Å². The predicted molar refractivity (Wildman–Crippen MR) is 95.9 cm³/mol. The lowest BCUT2D eigenvalue weighted by molar-refractivity contribution is -0.641. The molecule has 1 aliphatic carbocycles. The third-order valence-corrected chi connectivity index (χ3v) is 7.65. The minimum atomic E-state index is -3.86. The fourth-order valence-corrected chi connectivity index (χ4v) is 6.13. The number of carbonyl (C=O) groups is 2. The molecule has 8 nitrogen and oxygen atoms in total. The summed E-state index contributed by atoms with van der Waals surface area (Å²) in [6.45, 7) is 0.220. The Labute approximate surface area is 159 Å². The van der Waals surface area contributed by atoms with Gasteiger partial charge in [-0.25, -0.2) is 14.3 Å². The number of hydrogen-bond acceptors (Lipinski definition) is 5. The Hall–Kier alpha value is -2.00. The number of rotatable bonds is 3. The number of pyridine rings is 1. The van der Waals surface area contributed by atoms with Gasteiger partial charge in [-0.15, -0.1) is 0 Å². The SMILES string of the molecule is N[n+]1cccc(S(=O)(=O)N2CC(=O)C3C2CCN3C(=O)[C]2CCCCC2)c1. The van der Waals surface area contributed by atoms with Crippen LogP contribution in [0.3, 0.4) is 0 Å². The van der Waals surface area contributed by atoms with Crippen LogP contribution in [0.2, 0.25) is 0 Å². The molecule has 2 aliphatic heterocycles. The molecule has 0 bridgehead atoms. The Morgan fingerprint density at radius 1 is 1.22 bits per heavy atom. The van der Waals surface area contributed by atoms with Crippen molar-refractivity contribution in [3.8, 4) is 0 Å². The smallest absolute Gasteiger partial charge is 0.249 e. The van der Waals surface area contributed by atoms with Crippen molar-refractivity contribution >= 4 is 21.7 Å². The van der Waals surface area contributed by atoms with Crippen molar-refractivity contribution < 1.29 is 22.7 Å². The van der Waals surface area contributed by atoms with Crippen LogP contribution in [0.1, 0.15) is 38.5 Å². The molecule has 2 unspecified atom stereocenters. The number of hydrogen-bond donors (Lipinski definition) is 1. The number of fused-ring (bicyclic) bond motifs is 1. The molecule has 1 aromatic rings. The van der Waals surface area contributed by atoms with E-state index in [2.05, 4.69) is 0 Å². The maximum Gasteiger partial charge on any atom is 0.249 e. The summed E-state index contributed by atoms with van der Waals surface area (Å²) in [5.41, 5.74) is 0.